The van der Waals surface area contributed by atoms with E-state index in [4.69, 9.17) is 0 Å². The fraction of sp³-hybridized carbons (Fsp3) is 0.231. The second kappa shape index (κ2) is 7.07. The van der Waals surface area contributed by atoms with E-state index < -0.39 is 6.43 Å². The number of rotatable bonds is 5. The average Bonchev–Trinajstić information content (AvgIpc) is 2.52. The number of aliphatic imine (C=N–C) groups is 2. The highest BCUT2D eigenvalue weighted by Crippen LogP contribution is 2.23. The van der Waals surface area contributed by atoms with Gasteiger partial charge in [0.15, 0.2) is 5.82 Å². The lowest BCUT2D eigenvalue weighted by Gasteiger charge is -2.23. The molecule has 8 heteroatoms. The largest absolute Gasteiger partial charge is 0.336 e. The van der Waals surface area contributed by atoms with E-state index in [0.717, 1.165) is 5.03 Å². The van der Waals surface area contributed by atoms with E-state index in [-0.39, 0.29) is 5.70 Å². The topological polar surface area (TPSA) is 53.7 Å². The Bertz CT molecular complexity index is 612. The number of hydrogen-bond donors (Lipinski definition) is 0. The minimum Gasteiger partial charge on any atom is -0.336 e. The molecule has 0 N–H and O–H groups in total. The molecule has 0 aliphatic carbocycles. The summed E-state index contributed by atoms with van der Waals surface area (Å²) < 4.78 is 25.5. The molecule has 1 aromatic heterocycles. The van der Waals surface area contributed by atoms with Crippen LogP contribution >= 0.6 is 11.8 Å². The second-order valence-corrected chi connectivity index (χ2v) is 4.76. The quantitative estimate of drug-likeness (QED) is 0.477. The van der Waals surface area contributed by atoms with Crippen LogP contribution in [0.25, 0.3) is 5.70 Å². The number of alkyl halides is 2. The van der Waals surface area contributed by atoms with Gasteiger partial charge in [0.2, 0.25) is 0 Å². The summed E-state index contributed by atoms with van der Waals surface area (Å²) in [5.41, 5.74) is 0.183. The Balaban J connectivity index is 2.38. The first-order valence-corrected chi connectivity index (χ1v) is 7.20. The van der Waals surface area contributed by atoms with E-state index >= 15 is 0 Å². The van der Waals surface area contributed by atoms with Gasteiger partial charge in [0.1, 0.15) is 11.4 Å². The minimum absolute atomic E-state index is 0.308. The highest BCUT2D eigenvalue weighted by molar-refractivity contribution is 7.98. The van der Waals surface area contributed by atoms with Crippen LogP contribution in [0.4, 0.5) is 8.78 Å². The van der Waals surface area contributed by atoms with Crippen molar-refractivity contribution in [3.05, 3.63) is 36.2 Å². The summed E-state index contributed by atoms with van der Waals surface area (Å²) >= 11 is 1.47. The molecule has 0 fully saturated rings. The summed E-state index contributed by atoms with van der Waals surface area (Å²) in [5, 5.41) is 0.777. The Morgan fingerprint density at radius 3 is 3.05 bits per heavy atom. The molecule has 0 bridgehead atoms. The number of halogens is 2. The van der Waals surface area contributed by atoms with Crippen molar-refractivity contribution in [2.24, 2.45) is 9.98 Å². The molecular weight excluding hydrogens is 296 g/mol. The van der Waals surface area contributed by atoms with Crippen molar-refractivity contribution in [2.75, 3.05) is 12.8 Å². The fourth-order valence-electron chi connectivity index (χ4n) is 1.69. The highest BCUT2D eigenvalue weighted by Gasteiger charge is 2.19. The van der Waals surface area contributed by atoms with Gasteiger partial charge >= 0.3 is 0 Å². The summed E-state index contributed by atoms with van der Waals surface area (Å²) in [4.78, 5) is 17.5. The molecule has 110 valence electrons. The van der Waals surface area contributed by atoms with E-state index in [0.29, 0.717) is 18.1 Å². The van der Waals surface area contributed by atoms with Crippen molar-refractivity contribution < 1.29 is 8.78 Å². The van der Waals surface area contributed by atoms with Gasteiger partial charge in [-0.1, -0.05) is 0 Å². The average molecular weight is 309 g/mol. The van der Waals surface area contributed by atoms with Gasteiger partial charge in [0, 0.05) is 18.6 Å². The molecule has 0 spiro atoms. The molecule has 0 unspecified atom stereocenters. The number of aromatic nitrogens is 2. The zero-order chi connectivity index (χ0) is 15.2. The molecule has 0 amide bonds. The van der Waals surface area contributed by atoms with E-state index in [1.165, 1.54) is 30.4 Å². The Morgan fingerprint density at radius 1 is 1.57 bits per heavy atom. The Kier molecular flexibility index (Phi) is 5.15. The van der Waals surface area contributed by atoms with Crippen molar-refractivity contribution in [3.8, 4) is 0 Å². The summed E-state index contributed by atoms with van der Waals surface area (Å²) in [5.74, 6) is 0.398. The van der Waals surface area contributed by atoms with Crippen LogP contribution in [0.2, 0.25) is 0 Å². The summed E-state index contributed by atoms with van der Waals surface area (Å²) in [6, 6.07) is 1.77. The van der Waals surface area contributed by atoms with Crippen molar-refractivity contribution >= 4 is 30.4 Å². The molecule has 2 rings (SSSR count). The van der Waals surface area contributed by atoms with E-state index in [9.17, 15) is 8.78 Å². The molecule has 1 aromatic rings. The Labute approximate surface area is 125 Å². The predicted molar refractivity (Wildman–Crippen MR) is 80.6 cm³/mol. The van der Waals surface area contributed by atoms with Gasteiger partial charge < -0.3 is 4.90 Å². The van der Waals surface area contributed by atoms with Gasteiger partial charge in [0.25, 0.3) is 6.43 Å². The molecule has 0 aromatic carbocycles. The first-order chi connectivity index (χ1) is 10.2. The number of nitrogens with zero attached hydrogens (tertiary/aromatic N) is 5. The van der Waals surface area contributed by atoms with Gasteiger partial charge in [0.05, 0.1) is 17.8 Å². The Morgan fingerprint density at radius 2 is 2.38 bits per heavy atom. The van der Waals surface area contributed by atoms with E-state index in [1.54, 1.807) is 17.2 Å². The first-order valence-electron chi connectivity index (χ1n) is 5.98. The fourth-order valence-corrected chi connectivity index (χ4v) is 2.06. The zero-order valence-electron chi connectivity index (χ0n) is 11.3. The van der Waals surface area contributed by atoms with Crippen molar-refractivity contribution in [1.82, 2.24) is 14.9 Å². The SMILES string of the molecule is C=N/C=C(/c1nccc(SC)n1)N1C=C(C(F)F)N=CC1. The van der Waals surface area contributed by atoms with Crippen molar-refractivity contribution in [1.29, 1.82) is 0 Å². The molecule has 0 saturated carbocycles. The Hall–Kier alpha value is -2.09. The van der Waals surface area contributed by atoms with Crippen LogP contribution in [0.3, 0.4) is 0 Å². The van der Waals surface area contributed by atoms with Gasteiger partial charge in [-0.15, -0.1) is 11.8 Å². The molecule has 2 heterocycles. The van der Waals surface area contributed by atoms with Gasteiger partial charge in [-0.2, -0.15) is 0 Å². The molecule has 0 radical (unpaired) electrons. The van der Waals surface area contributed by atoms with E-state index in [2.05, 4.69) is 26.7 Å². The lowest BCUT2D eigenvalue weighted by atomic mass is 10.3. The predicted octanol–water partition coefficient (Wildman–Crippen LogP) is 2.69. The first kappa shape index (κ1) is 15.3. The third kappa shape index (κ3) is 3.72. The number of allylic oxidation sites excluding steroid dienone is 1. The minimum atomic E-state index is -2.64. The molecule has 0 atom stereocenters. The third-order valence-electron chi connectivity index (χ3n) is 2.62. The van der Waals surface area contributed by atoms with Crippen LogP contribution < -0.4 is 0 Å². The van der Waals surface area contributed by atoms with Crippen molar-refractivity contribution in [3.63, 3.8) is 0 Å². The van der Waals surface area contributed by atoms with Crippen LogP contribution in [0.1, 0.15) is 5.82 Å². The number of hydrogen-bond acceptors (Lipinski definition) is 6. The van der Waals surface area contributed by atoms with Crippen LogP contribution in [-0.4, -0.2) is 47.0 Å². The molecule has 21 heavy (non-hydrogen) atoms. The highest BCUT2D eigenvalue weighted by atomic mass is 32.2. The smallest absolute Gasteiger partial charge is 0.281 e. The molecule has 1 aliphatic rings. The second-order valence-electron chi connectivity index (χ2n) is 3.94. The lowest BCUT2D eigenvalue weighted by Crippen LogP contribution is -2.24. The van der Waals surface area contributed by atoms with Crippen LogP contribution in [0.5, 0.6) is 0 Å². The maximum Gasteiger partial charge on any atom is 0.281 e. The lowest BCUT2D eigenvalue weighted by molar-refractivity contribution is 0.185. The summed E-state index contributed by atoms with van der Waals surface area (Å²) in [6.45, 7) is 3.74. The maximum atomic E-state index is 12.8. The van der Waals surface area contributed by atoms with Crippen LogP contribution in [0, 0.1) is 0 Å². The van der Waals surface area contributed by atoms with Gasteiger partial charge in [-0.3, -0.25) is 9.98 Å². The van der Waals surface area contributed by atoms with Crippen LogP contribution in [-0.2, 0) is 0 Å². The summed E-state index contributed by atoms with van der Waals surface area (Å²) in [7, 11) is 0. The van der Waals surface area contributed by atoms with E-state index in [1.807, 2.05) is 6.26 Å². The molecule has 1 aliphatic heterocycles. The monoisotopic (exact) mass is 309 g/mol. The van der Waals surface area contributed by atoms with Gasteiger partial charge in [-0.25, -0.2) is 18.7 Å². The normalized spacial score (nSPS) is 15.3. The molecular formula is C13H13F2N5S. The van der Waals surface area contributed by atoms with Gasteiger partial charge in [-0.05, 0) is 19.0 Å². The number of thioether (sulfide) groups is 1. The standard InChI is InChI=1S/C13H13F2N5S/c1-16-7-10(13-18-4-3-11(19-13)21-2)20-6-5-17-9(8-20)12(14)15/h3-5,7-8,12H,1,6H2,2H3/b10-7-. The van der Waals surface area contributed by atoms with Crippen molar-refractivity contribution in [2.45, 2.75) is 11.5 Å². The molecule has 5 nitrogen and oxygen atoms in total. The maximum absolute atomic E-state index is 12.8. The molecule has 0 saturated heterocycles. The zero-order valence-corrected chi connectivity index (χ0v) is 12.1. The van der Waals surface area contributed by atoms with Crippen LogP contribution in [0.15, 0.2) is 45.4 Å². The summed E-state index contributed by atoms with van der Waals surface area (Å²) in [6.07, 6.45) is 5.00. The third-order valence-corrected chi connectivity index (χ3v) is 3.27.